The molecule has 0 spiro atoms. The van der Waals surface area contributed by atoms with Gasteiger partial charge >= 0.3 is 0 Å². The van der Waals surface area contributed by atoms with E-state index in [4.69, 9.17) is 0 Å². The van der Waals surface area contributed by atoms with Crippen LogP contribution in [0.1, 0.15) is 75.0 Å². The highest BCUT2D eigenvalue weighted by atomic mass is 16.3. The molecule has 0 amide bonds. The molecule has 0 radical (unpaired) electrons. The number of likely N-dealkylation sites (tertiary alicyclic amines) is 1. The van der Waals surface area contributed by atoms with Gasteiger partial charge in [0.25, 0.3) is 0 Å². The quantitative estimate of drug-likeness (QED) is 0.637. The van der Waals surface area contributed by atoms with Crippen LogP contribution in [0.4, 0.5) is 0 Å². The molecule has 0 aromatic heterocycles. The number of phenols is 1. The second kappa shape index (κ2) is 8.04. The van der Waals surface area contributed by atoms with Crippen LogP contribution in [0.25, 0.3) is 0 Å². The summed E-state index contributed by atoms with van der Waals surface area (Å²) in [6, 6.07) is 18.0. The van der Waals surface area contributed by atoms with Crippen LogP contribution in [0.2, 0.25) is 0 Å². The molecule has 5 rings (SSSR count). The zero-order valence-corrected chi connectivity index (χ0v) is 18.6. The number of phenolic OH excluding ortho intramolecular Hbond substituents is 1. The first-order valence-electron chi connectivity index (χ1n) is 12.3. The standard InChI is InChI=1S/C28H37NO/c1-2-26-28-17-6-5-16-27(28,25-10-4-3-9-23(25)15-18-28)19-21-29(26)20-7-8-22-11-13-24(30)14-12-22/h3-4,9-14,26,30H,2,5-8,15-21H2,1H3. The Morgan fingerprint density at radius 3 is 2.60 bits per heavy atom. The highest BCUT2D eigenvalue weighted by molar-refractivity contribution is 5.42. The van der Waals surface area contributed by atoms with Gasteiger partial charge in [-0.1, -0.05) is 56.2 Å². The van der Waals surface area contributed by atoms with E-state index in [9.17, 15) is 5.11 Å². The van der Waals surface area contributed by atoms with Gasteiger partial charge in [-0.25, -0.2) is 0 Å². The minimum Gasteiger partial charge on any atom is -0.508 e. The summed E-state index contributed by atoms with van der Waals surface area (Å²) in [5.41, 5.74) is 5.61. The summed E-state index contributed by atoms with van der Waals surface area (Å²) in [6.45, 7) is 4.90. The molecular weight excluding hydrogens is 366 g/mol. The molecule has 2 aliphatic carbocycles. The molecule has 30 heavy (non-hydrogen) atoms. The van der Waals surface area contributed by atoms with E-state index >= 15 is 0 Å². The van der Waals surface area contributed by atoms with E-state index in [0.717, 1.165) is 12.5 Å². The maximum Gasteiger partial charge on any atom is 0.115 e. The number of benzene rings is 2. The second-order valence-corrected chi connectivity index (χ2v) is 10.1. The summed E-state index contributed by atoms with van der Waals surface area (Å²) in [4.78, 5) is 2.87. The largest absolute Gasteiger partial charge is 0.508 e. The van der Waals surface area contributed by atoms with Crippen LogP contribution in [0, 0.1) is 5.41 Å². The number of rotatable bonds is 5. The number of nitrogens with zero attached hydrogens (tertiary/aromatic N) is 1. The van der Waals surface area contributed by atoms with E-state index in [1.54, 1.807) is 11.1 Å². The summed E-state index contributed by atoms with van der Waals surface area (Å²) >= 11 is 0. The Kier molecular flexibility index (Phi) is 5.39. The summed E-state index contributed by atoms with van der Waals surface area (Å²) < 4.78 is 0. The topological polar surface area (TPSA) is 23.5 Å². The van der Waals surface area contributed by atoms with Gasteiger partial charge in [-0.15, -0.1) is 0 Å². The number of fused-ring (bicyclic) bond motifs is 1. The monoisotopic (exact) mass is 403 g/mol. The fourth-order valence-corrected chi connectivity index (χ4v) is 7.75. The Bertz CT molecular complexity index is 874. The number of aromatic hydroxyl groups is 1. The van der Waals surface area contributed by atoms with Crippen molar-refractivity contribution >= 4 is 0 Å². The molecule has 1 aliphatic heterocycles. The molecule has 160 valence electrons. The molecule has 1 saturated carbocycles. The number of hydrogen-bond acceptors (Lipinski definition) is 2. The minimum atomic E-state index is 0.367. The average molecular weight is 404 g/mol. The lowest BCUT2D eigenvalue weighted by molar-refractivity contribution is -0.0985. The van der Waals surface area contributed by atoms with Crippen molar-refractivity contribution in [2.75, 3.05) is 13.1 Å². The van der Waals surface area contributed by atoms with Gasteiger partial charge in [0.2, 0.25) is 0 Å². The van der Waals surface area contributed by atoms with Crippen molar-refractivity contribution < 1.29 is 5.11 Å². The molecule has 2 heteroatoms. The predicted octanol–water partition coefficient (Wildman–Crippen LogP) is 6.25. The zero-order chi connectivity index (χ0) is 20.6. The van der Waals surface area contributed by atoms with E-state index in [1.165, 1.54) is 76.4 Å². The van der Waals surface area contributed by atoms with Crippen molar-refractivity contribution in [2.24, 2.45) is 5.41 Å². The van der Waals surface area contributed by atoms with Crippen LogP contribution in [-0.2, 0) is 18.3 Å². The molecular formula is C28H37NO. The summed E-state index contributed by atoms with van der Waals surface area (Å²) in [6.07, 6.45) is 13.3. The highest BCUT2D eigenvalue weighted by Gasteiger charge is 2.61. The highest BCUT2D eigenvalue weighted by Crippen LogP contribution is 2.64. The first-order valence-corrected chi connectivity index (χ1v) is 12.3. The van der Waals surface area contributed by atoms with E-state index < -0.39 is 0 Å². The van der Waals surface area contributed by atoms with E-state index in [0.29, 0.717) is 16.6 Å². The van der Waals surface area contributed by atoms with Crippen molar-refractivity contribution in [3.05, 3.63) is 65.2 Å². The third kappa shape index (κ3) is 3.11. The third-order valence-electron chi connectivity index (χ3n) is 8.94. The second-order valence-electron chi connectivity index (χ2n) is 10.1. The first kappa shape index (κ1) is 20.1. The molecule has 2 aromatic rings. The van der Waals surface area contributed by atoms with Crippen LogP contribution < -0.4 is 0 Å². The van der Waals surface area contributed by atoms with Crippen molar-refractivity contribution in [3.63, 3.8) is 0 Å². The van der Waals surface area contributed by atoms with Gasteiger partial charge in [-0.2, -0.15) is 0 Å². The maximum absolute atomic E-state index is 9.53. The van der Waals surface area contributed by atoms with Gasteiger partial charge in [0.15, 0.2) is 0 Å². The summed E-state index contributed by atoms with van der Waals surface area (Å²) in [5.74, 6) is 0.367. The molecule has 1 N–H and O–H groups in total. The molecule has 2 fully saturated rings. The Balaban J connectivity index is 1.39. The van der Waals surface area contributed by atoms with Gasteiger partial charge in [-0.05, 0) is 98.7 Å². The summed E-state index contributed by atoms with van der Waals surface area (Å²) in [7, 11) is 0. The maximum atomic E-state index is 9.53. The first-order chi connectivity index (χ1) is 14.7. The smallest absolute Gasteiger partial charge is 0.115 e. The van der Waals surface area contributed by atoms with E-state index in [2.05, 4.69) is 48.2 Å². The molecule has 1 saturated heterocycles. The number of piperidine rings is 1. The molecule has 2 nitrogen and oxygen atoms in total. The average Bonchev–Trinajstić information content (AvgIpc) is 2.79. The third-order valence-corrected chi connectivity index (χ3v) is 8.94. The van der Waals surface area contributed by atoms with Crippen LogP contribution in [0.3, 0.4) is 0 Å². The number of hydrogen-bond donors (Lipinski definition) is 1. The van der Waals surface area contributed by atoms with Crippen LogP contribution >= 0.6 is 0 Å². The SMILES string of the molecule is CCC1N(CCCc2ccc(O)cc2)CCC23CCCCC12CCc1ccccc13. The lowest BCUT2D eigenvalue weighted by Gasteiger charge is -2.66. The Morgan fingerprint density at radius 2 is 1.77 bits per heavy atom. The Labute approximate surface area is 182 Å². The van der Waals surface area contributed by atoms with E-state index in [-0.39, 0.29) is 0 Å². The van der Waals surface area contributed by atoms with Gasteiger partial charge in [0.05, 0.1) is 0 Å². The lowest BCUT2D eigenvalue weighted by Crippen LogP contribution is -2.66. The molecule has 3 atom stereocenters. The summed E-state index contributed by atoms with van der Waals surface area (Å²) in [5, 5.41) is 9.53. The van der Waals surface area contributed by atoms with Crippen LogP contribution in [0.5, 0.6) is 5.75 Å². The van der Waals surface area contributed by atoms with Crippen LogP contribution in [-0.4, -0.2) is 29.1 Å². The number of aryl methyl sites for hydroxylation is 2. The van der Waals surface area contributed by atoms with Gasteiger partial charge in [0.1, 0.15) is 5.75 Å². The predicted molar refractivity (Wildman–Crippen MR) is 124 cm³/mol. The van der Waals surface area contributed by atoms with Crippen LogP contribution in [0.15, 0.2) is 48.5 Å². The molecule has 3 aliphatic rings. The Hall–Kier alpha value is -1.80. The fraction of sp³-hybridized carbons (Fsp3) is 0.571. The van der Waals surface area contributed by atoms with Crippen molar-refractivity contribution in [3.8, 4) is 5.75 Å². The molecule has 1 heterocycles. The normalized spacial score (nSPS) is 30.9. The zero-order valence-electron chi connectivity index (χ0n) is 18.6. The van der Waals surface area contributed by atoms with Gasteiger partial charge in [0, 0.05) is 11.5 Å². The minimum absolute atomic E-state index is 0.367. The molecule has 2 aromatic carbocycles. The van der Waals surface area contributed by atoms with Crippen molar-refractivity contribution in [2.45, 2.75) is 82.6 Å². The van der Waals surface area contributed by atoms with Crippen molar-refractivity contribution in [1.29, 1.82) is 0 Å². The molecule has 3 unspecified atom stereocenters. The fourth-order valence-electron chi connectivity index (χ4n) is 7.75. The van der Waals surface area contributed by atoms with E-state index in [1.807, 2.05) is 12.1 Å². The lowest BCUT2D eigenvalue weighted by atomic mass is 9.43. The van der Waals surface area contributed by atoms with Crippen molar-refractivity contribution in [1.82, 2.24) is 4.90 Å². The van der Waals surface area contributed by atoms with Gasteiger partial charge < -0.3 is 5.11 Å². The molecule has 0 bridgehead atoms. The Morgan fingerprint density at radius 1 is 0.967 bits per heavy atom. The van der Waals surface area contributed by atoms with Gasteiger partial charge in [-0.3, -0.25) is 4.90 Å².